The summed E-state index contributed by atoms with van der Waals surface area (Å²) in [5.41, 5.74) is 0.0971. The highest BCUT2D eigenvalue weighted by atomic mass is 32.1. The molecule has 1 rings (SSSR count). The van der Waals surface area contributed by atoms with Crippen molar-refractivity contribution in [3.05, 3.63) is 16.1 Å². The average Bonchev–Trinajstić information content (AvgIpc) is 2.31. The number of rotatable bonds is 2. The van der Waals surface area contributed by atoms with E-state index in [1.165, 1.54) is 16.7 Å². The fourth-order valence-corrected chi connectivity index (χ4v) is 1.52. The molecule has 1 aromatic rings. The summed E-state index contributed by atoms with van der Waals surface area (Å²) in [6, 6.07) is 0. The molecule has 13 heavy (non-hydrogen) atoms. The standard InChI is InChI=1S/C7H8F3NOS/c1-4-11-5(3-13-4)6(12)2-7(8,9)10/h3,6,12H,2H2,1H3. The lowest BCUT2D eigenvalue weighted by atomic mass is 10.2. The van der Waals surface area contributed by atoms with Gasteiger partial charge in [-0.25, -0.2) is 4.98 Å². The third kappa shape index (κ3) is 3.31. The summed E-state index contributed by atoms with van der Waals surface area (Å²) in [4.78, 5) is 3.76. The van der Waals surface area contributed by atoms with Gasteiger partial charge in [0, 0.05) is 5.38 Å². The van der Waals surface area contributed by atoms with Crippen LogP contribution in [0.3, 0.4) is 0 Å². The number of aliphatic hydroxyl groups excluding tert-OH is 1. The van der Waals surface area contributed by atoms with Crippen LogP contribution in [0.5, 0.6) is 0 Å². The van der Waals surface area contributed by atoms with Crippen LogP contribution in [0, 0.1) is 6.92 Å². The van der Waals surface area contributed by atoms with E-state index >= 15 is 0 Å². The molecule has 0 amide bonds. The topological polar surface area (TPSA) is 33.1 Å². The maximum absolute atomic E-state index is 11.8. The molecule has 1 N–H and O–H groups in total. The summed E-state index contributed by atoms with van der Waals surface area (Å²) in [6.45, 7) is 1.68. The van der Waals surface area contributed by atoms with Crippen molar-refractivity contribution in [1.82, 2.24) is 4.98 Å². The molecule has 0 saturated carbocycles. The van der Waals surface area contributed by atoms with Crippen LogP contribution in [-0.4, -0.2) is 16.3 Å². The molecule has 1 atom stereocenters. The van der Waals surface area contributed by atoms with E-state index in [0.717, 1.165) is 0 Å². The third-order valence-electron chi connectivity index (χ3n) is 1.40. The Labute approximate surface area is 77.0 Å². The van der Waals surface area contributed by atoms with Crippen LogP contribution in [0.2, 0.25) is 0 Å². The minimum Gasteiger partial charge on any atom is -0.386 e. The number of hydrogen-bond acceptors (Lipinski definition) is 3. The molecule has 2 nitrogen and oxygen atoms in total. The fourth-order valence-electron chi connectivity index (χ4n) is 0.857. The summed E-state index contributed by atoms with van der Waals surface area (Å²) in [7, 11) is 0. The monoisotopic (exact) mass is 211 g/mol. The molecule has 0 aliphatic carbocycles. The molecule has 1 aromatic heterocycles. The van der Waals surface area contributed by atoms with Crippen LogP contribution in [0.15, 0.2) is 5.38 Å². The number of hydrogen-bond donors (Lipinski definition) is 1. The number of aryl methyl sites for hydroxylation is 1. The van der Waals surface area contributed by atoms with Crippen LogP contribution in [-0.2, 0) is 0 Å². The Balaban J connectivity index is 2.64. The van der Waals surface area contributed by atoms with Gasteiger partial charge in [-0.05, 0) is 6.92 Å². The number of nitrogens with zero attached hydrogens (tertiary/aromatic N) is 1. The van der Waals surface area contributed by atoms with E-state index in [-0.39, 0.29) is 5.69 Å². The van der Waals surface area contributed by atoms with E-state index in [9.17, 15) is 13.2 Å². The van der Waals surface area contributed by atoms with E-state index in [0.29, 0.717) is 5.01 Å². The SMILES string of the molecule is Cc1nc(C(O)CC(F)(F)F)cs1. The van der Waals surface area contributed by atoms with Crippen molar-refractivity contribution in [2.75, 3.05) is 0 Å². The van der Waals surface area contributed by atoms with Crippen LogP contribution >= 0.6 is 11.3 Å². The number of alkyl halides is 3. The van der Waals surface area contributed by atoms with Gasteiger partial charge < -0.3 is 5.11 Å². The molecule has 0 radical (unpaired) electrons. The zero-order valence-electron chi connectivity index (χ0n) is 6.80. The second-order valence-corrected chi connectivity index (χ2v) is 3.69. The number of halogens is 3. The molecule has 6 heteroatoms. The van der Waals surface area contributed by atoms with Gasteiger partial charge in [0.2, 0.25) is 0 Å². The Morgan fingerprint density at radius 1 is 1.62 bits per heavy atom. The lowest BCUT2D eigenvalue weighted by Gasteiger charge is -2.10. The second-order valence-electron chi connectivity index (χ2n) is 2.63. The summed E-state index contributed by atoms with van der Waals surface area (Å²) >= 11 is 1.22. The van der Waals surface area contributed by atoms with Crippen molar-refractivity contribution in [2.45, 2.75) is 25.6 Å². The van der Waals surface area contributed by atoms with E-state index in [2.05, 4.69) is 4.98 Å². The highest BCUT2D eigenvalue weighted by Crippen LogP contribution is 2.29. The smallest absolute Gasteiger partial charge is 0.386 e. The maximum Gasteiger partial charge on any atom is 0.391 e. The van der Waals surface area contributed by atoms with E-state index in [1.54, 1.807) is 6.92 Å². The number of thiazole rings is 1. The van der Waals surface area contributed by atoms with E-state index < -0.39 is 18.7 Å². The first kappa shape index (κ1) is 10.5. The van der Waals surface area contributed by atoms with Crippen molar-refractivity contribution >= 4 is 11.3 Å². The lowest BCUT2D eigenvalue weighted by Crippen LogP contribution is -2.13. The largest absolute Gasteiger partial charge is 0.391 e. The molecule has 0 aliphatic rings. The molecular weight excluding hydrogens is 203 g/mol. The van der Waals surface area contributed by atoms with Crippen LogP contribution in [0.4, 0.5) is 13.2 Å². The Morgan fingerprint density at radius 3 is 2.62 bits per heavy atom. The molecule has 1 unspecified atom stereocenters. The molecule has 0 bridgehead atoms. The molecule has 0 aromatic carbocycles. The highest BCUT2D eigenvalue weighted by molar-refractivity contribution is 7.09. The third-order valence-corrected chi connectivity index (χ3v) is 2.19. The van der Waals surface area contributed by atoms with Gasteiger partial charge >= 0.3 is 6.18 Å². The Kier molecular flexibility index (Phi) is 2.92. The van der Waals surface area contributed by atoms with E-state index in [4.69, 9.17) is 5.11 Å². The minimum atomic E-state index is -4.35. The van der Waals surface area contributed by atoms with Crippen molar-refractivity contribution in [3.8, 4) is 0 Å². The van der Waals surface area contributed by atoms with Gasteiger partial charge in [-0.15, -0.1) is 11.3 Å². The van der Waals surface area contributed by atoms with Crippen molar-refractivity contribution in [2.24, 2.45) is 0 Å². The summed E-state index contributed by atoms with van der Waals surface area (Å²) in [5.74, 6) is 0. The maximum atomic E-state index is 11.8. The summed E-state index contributed by atoms with van der Waals surface area (Å²) < 4.78 is 35.4. The molecule has 1 heterocycles. The Morgan fingerprint density at radius 2 is 2.23 bits per heavy atom. The molecule has 0 spiro atoms. The predicted octanol–water partition coefficient (Wildman–Crippen LogP) is 2.44. The number of aliphatic hydroxyl groups is 1. The normalized spacial score (nSPS) is 14.5. The fraction of sp³-hybridized carbons (Fsp3) is 0.571. The lowest BCUT2D eigenvalue weighted by molar-refractivity contribution is -0.154. The highest BCUT2D eigenvalue weighted by Gasteiger charge is 2.32. The molecule has 0 saturated heterocycles. The minimum absolute atomic E-state index is 0.0971. The van der Waals surface area contributed by atoms with E-state index in [1.807, 2.05) is 0 Å². The summed E-state index contributed by atoms with van der Waals surface area (Å²) in [5, 5.41) is 11.2. The van der Waals surface area contributed by atoms with Gasteiger partial charge in [-0.3, -0.25) is 0 Å². The quantitative estimate of drug-likeness (QED) is 0.815. The Bertz CT molecular complexity index is 284. The number of aromatic nitrogens is 1. The van der Waals surface area contributed by atoms with Crippen molar-refractivity contribution < 1.29 is 18.3 Å². The van der Waals surface area contributed by atoms with Gasteiger partial charge in [0.1, 0.15) is 6.10 Å². The van der Waals surface area contributed by atoms with Crippen molar-refractivity contribution in [1.29, 1.82) is 0 Å². The van der Waals surface area contributed by atoms with Gasteiger partial charge in [-0.2, -0.15) is 13.2 Å². The molecule has 0 fully saturated rings. The second kappa shape index (κ2) is 3.63. The van der Waals surface area contributed by atoms with Gasteiger partial charge in [0.15, 0.2) is 0 Å². The van der Waals surface area contributed by atoms with Crippen LogP contribution in [0.1, 0.15) is 23.2 Å². The summed E-state index contributed by atoms with van der Waals surface area (Å²) in [6.07, 6.45) is -7.13. The zero-order chi connectivity index (χ0) is 10.1. The molecule has 74 valence electrons. The van der Waals surface area contributed by atoms with Crippen LogP contribution in [0.25, 0.3) is 0 Å². The first-order valence-corrected chi connectivity index (χ1v) is 4.43. The van der Waals surface area contributed by atoms with Crippen molar-refractivity contribution in [3.63, 3.8) is 0 Å². The first-order chi connectivity index (χ1) is 5.88. The van der Waals surface area contributed by atoms with Gasteiger partial charge in [0.05, 0.1) is 17.1 Å². The van der Waals surface area contributed by atoms with Gasteiger partial charge in [-0.1, -0.05) is 0 Å². The Hall–Kier alpha value is -0.620. The average molecular weight is 211 g/mol. The first-order valence-electron chi connectivity index (χ1n) is 3.55. The zero-order valence-corrected chi connectivity index (χ0v) is 7.61. The molecule has 0 aliphatic heterocycles. The molecular formula is C7H8F3NOS. The van der Waals surface area contributed by atoms with Gasteiger partial charge in [0.25, 0.3) is 0 Å². The van der Waals surface area contributed by atoms with Crippen LogP contribution < -0.4 is 0 Å². The predicted molar refractivity (Wildman–Crippen MR) is 42.5 cm³/mol.